The molecule has 9 heteroatoms. The van der Waals surface area contributed by atoms with E-state index in [2.05, 4.69) is 4.72 Å². The van der Waals surface area contributed by atoms with Gasteiger partial charge in [-0.25, -0.2) is 21.6 Å². The predicted molar refractivity (Wildman–Crippen MR) is 98.0 cm³/mol. The summed E-state index contributed by atoms with van der Waals surface area (Å²) in [7, 11) is -4.63. The highest BCUT2D eigenvalue weighted by atomic mass is 32.2. The van der Waals surface area contributed by atoms with Crippen molar-refractivity contribution in [3.05, 3.63) is 48.0 Å². The molecule has 2 aromatic carbocycles. The summed E-state index contributed by atoms with van der Waals surface area (Å²) < 4.78 is 61.4. The fourth-order valence-corrected chi connectivity index (χ4v) is 4.35. The zero-order chi connectivity index (χ0) is 19.4. The molecule has 26 heavy (non-hydrogen) atoms. The number of ether oxygens (including phenoxy) is 2. The minimum absolute atomic E-state index is 0.0715. The predicted octanol–water partition coefficient (Wildman–Crippen LogP) is 1.63. The van der Waals surface area contributed by atoms with E-state index in [9.17, 15) is 16.8 Å². The van der Waals surface area contributed by atoms with Gasteiger partial charge in [0.25, 0.3) is 0 Å². The van der Waals surface area contributed by atoms with E-state index < -0.39 is 19.9 Å². The highest BCUT2D eigenvalue weighted by Gasteiger charge is 2.22. The van der Waals surface area contributed by atoms with Crippen molar-refractivity contribution in [3.63, 3.8) is 0 Å². The standard InChI is InChI=1S/C17H21NO6S2/c1-23-15-7-5-4-6-13(15)10-11-18-26(21,22)17-12-14(25(3,19)20)8-9-16(17)24-2/h4-9,12,18H,10-11H2,1-3H3. The van der Waals surface area contributed by atoms with E-state index in [0.717, 1.165) is 17.9 Å². The van der Waals surface area contributed by atoms with Gasteiger partial charge in [0.05, 0.1) is 19.1 Å². The Labute approximate surface area is 153 Å². The minimum atomic E-state index is -3.96. The summed E-state index contributed by atoms with van der Waals surface area (Å²) in [4.78, 5) is -0.314. The van der Waals surface area contributed by atoms with Crippen molar-refractivity contribution in [1.29, 1.82) is 0 Å². The molecule has 0 aliphatic heterocycles. The maximum atomic E-state index is 12.6. The molecule has 0 amide bonds. The summed E-state index contributed by atoms with van der Waals surface area (Å²) in [6.45, 7) is 0.120. The van der Waals surface area contributed by atoms with Crippen LogP contribution in [0.1, 0.15) is 5.56 Å². The molecule has 0 spiro atoms. The summed E-state index contributed by atoms with van der Waals surface area (Å²) >= 11 is 0. The smallest absolute Gasteiger partial charge is 0.244 e. The van der Waals surface area contributed by atoms with Gasteiger partial charge >= 0.3 is 0 Å². The number of rotatable bonds is 8. The molecule has 0 radical (unpaired) electrons. The highest BCUT2D eigenvalue weighted by molar-refractivity contribution is 7.91. The van der Waals surface area contributed by atoms with Crippen molar-refractivity contribution >= 4 is 19.9 Å². The summed E-state index contributed by atoms with van der Waals surface area (Å²) in [5.74, 6) is 0.741. The number of hydrogen-bond donors (Lipinski definition) is 1. The zero-order valence-corrected chi connectivity index (χ0v) is 16.4. The molecule has 7 nitrogen and oxygen atoms in total. The van der Waals surface area contributed by atoms with Crippen LogP contribution in [0.5, 0.6) is 11.5 Å². The minimum Gasteiger partial charge on any atom is -0.496 e. The third kappa shape index (κ3) is 4.75. The quantitative estimate of drug-likeness (QED) is 0.724. The third-order valence-corrected chi connectivity index (χ3v) is 6.32. The van der Waals surface area contributed by atoms with Gasteiger partial charge in [-0.15, -0.1) is 0 Å². The molecule has 0 aromatic heterocycles. The molecule has 0 fully saturated rings. The van der Waals surface area contributed by atoms with Crippen molar-refractivity contribution < 1.29 is 26.3 Å². The first kappa shape index (κ1) is 20.2. The van der Waals surface area contributed by atoms with Crippen molar-refractivity contribution in [3.8, 4) is 11.5 Å². The highest BCUT2D eigenvalue weighted by Crippen LogP contribution is 2.27. The number of hydrogen-bond acceptors (Lipinski definition) is 6. The van der Waals surface area contributed by atoms with E-state index in [1.165, 1.54) is 19.2 Å². The van der Waals surface area contributed by atoms with E-state index in [-0.39, 0.29) is 22.1 Å². The number of methoxy groups -OCH3 is 2. The number of sulfonamides is 1. The molecular weight excluding hydrogens is 378 g/mol. The lowest BCUT2D eigenvalue weighted by Gasteiger charge is -2.13. The Kier molecular flexibility index (Phi) is 6.27. The summed E-state index contributed by atoms with van der Waals surface area (Å²) in [6.07, 6.45) is 1.43. The van der Waals surface area contributed by atoms with Crippen molar-refractivity contribution in [2.45, 2.75) is 16.2 Å². The molecule has 2 rings (SSSR count). The molecule has 2 aromatic rings. The Morgan fingerprint density at radius 3 is 2.19 bits per heavy atom. The Hall–Kier alpha value is -2.10. The molecule has 0 atom stereocenters. The second kappa shape index (κ2) is 8.07. The first-order chi connectivity index (χ1) is 12.2. The van der Waals surface area contributed by atoms with Gasteiger partial charge in [-0.3, -0.25) is 0 Å². The summed E-state index contributed by atoms with van der Waals surface area (Å²) in [5.41, 5.74) is 0.856. The molecule has 1 N–H and O–H groups in total. The Morgan fingerprint density at radius 2 is 1.58 bits per heavy atom. The van der Waals surface area contributed by atoms with E-state index in [0.29, 0.717) is 12.2 Å². The molecule has 0 aliphatic carbocycles. The monoisotopic (exact) mass is 399 g/mol. The number of para-hydroxylation sites is 1. The second-order valence-electron chi connectivity index (χ2n) is 5.54. The number of sulfone groups is 1. The Balaban J connectivity index is 2.24. The van der Waals surface area contributed by atoms with E-state index in [4.69, 9.17) is 9.47 Å². The molecular formula is C17H21NO6S2. The van der Waals surface area contributed by atoms with Crippen LogP contribution in [0.15, 0.2) is 52.3 Å². The van der Waals surface area contributed by atoms with Crippen LogP contribution < -0.4 is 14.2 Å². The molecule has 142 valence electrons. The summed E-state index contributed by atoms with van der Waals surface area (Å²) in [6, 6.07) is 11.0. The van der Waals surface area contributed by atoms with Crippen molar-refractivity contribution in [2.24, 2.45) is 0 Å². The van der Waals surface area contributed by atoms with Crippen LogP contribution in [0.25, 0.3) is 0 Å². The van der Waals surface area contributed by atoms with Gasteiger partial charge in [0.1, 0.15) is 16.4 Å². The fraction of sp³-hybridized carbons (Fsp3) is 0.294. The van der Waals surface area contributed by atoms with Crippen molar-refractivity contribution in [2.75, 3.05) is 27.0 Å². The fourth-order valence-electron chi connectivity index (χ4n) is 2.40. The van der Waals surface area contributed by atoms with Crippen LogP contribution in [0, 0.1) is 0 Å². The van der Waals surface area contributed by atoms with Gasteiger partial charge in [0.15, 0.2) is 9.84 Å². The molecule has 0 saturated heterocycles. The largest absolute Gasteiger partial charge is 0.496 e. The number of benzene rings is 2. The Morgan fingerprint density at radius 1 is 0.923 bits per heavy atom. The summed E-state index contributed by atoms with van der Waals surface area (Å²) in [5, 5.41) is 0. The maximum Gasteiger partial charge on any atom is 0.244 e. The molecule has 0 unspecified atom stereocenters. The molecule has 0 saturated carbocycles. The van der Waals surface area contributed by atoms with Gasteiger partial charge in [-0.2, -0.15) is 0 Å². The average Bonchev–Trinajstić information content (AvgIpc) is 2.60. The average molecular weight is 399 g/mol. The zero-order valence-electron chi connectivity index (χ0n) is 14.7. The Bertz CT molecular complexity index is 984. The molecule has 0 aliphatic rings. The third-order valence-electron chi connectivity index (χ3n) is 3.73. The van der Waals surface area contributed by atoms with Crippen LogP contribution >= 0.6 is 0 Å². The van der Waals surface area contributed by atoms with Crippen LogP contribution in [0.2, 0.25) is 0 Å². The van der Waals surface area contributed by atoms with Gasteiger partial charge < -0.3 is 9.47 Å². The SMILES string of the molecule is COc1ccccc1CCNS(=O)(=O)c1cc(S(C)(=O)=O)ccc1OC. The maximum absolute atomic E-state index is 12.6. The normalized spacial score (nSPS) is 12.0. The molecule has 0 heterocycles. The van der Waals surface area contributed by atoms with Crippen LogP contribution in [0.4, 0.5) is 0 Å². The van der Waals surface area contributed by atoms with Gasteiger partial charge in [0.2, 0.25) is 10.0 Å². The van der Waals surface area contributed by atoms with Crippen molar-refractivity contribution in [1.82, 2.24) is 4.72 Å². The molecule has 0 bridgehead atoms. The number of nitrogens with one attached hydrogen (secondary N) is 1. The second-order valence-corrected chi connectivity index (χ2v) is 9.30. The van der Waals surface area contributed by atoms with Gasteiger partial charge in [-0.1, -0.05) is 18.2 Å². The first-order valence-electron chi connectivity index (χ1n) is 7.68. The van der Waals surface area contributed by atoms with E-state index in [1.807, 2.05) is 18.2 Å². The lowest BCUT2D eigenvalue weighted by atomic mass is 10.1. The van der Waals surface area contributed by atoms with Crippen LogP contribution in [-0.4, -0.2) is 43.9 Å². The first-order valence-corrected chi connectivity index (χ1v) is 11.1. The van der Waals surface area contributed by atoms with E-state index in [1.54, 1.807) is 13.2 Å². The van der Waals surface area contributed by atoms with Crippen LogP contribution in [0.3, 0.4) is 0 Å². The van der Waals surface area contributed by atoms with Gasteiger partial charge in [0, 0.05) is 12.8 Å². The topological polar surface area (TPSA) is 98.8 Å². The van der Waals surface area contributed by atoms with Gasteiger partial charge in [-0.05, 0) is 36.2 Å². The van der Waals surface area contributed by atoms with E-state index >= 15 is 0 Å². The lowest BCUT2D eigenvalue weighted by Crippen LogP contribution is -2.26. The van der Waals surface area contributed by atoms with Crippen LogP contribution in [-0.2, 0) is 26.3 Å². The lowest BCUT2D eigenvalue weighted by molar-refractivity contribution is 0.401.